The Bertz CT molecular complexity index is 1520. The Kier molecular flexibility index (Phi) is 8.65. The predicted molar refractivity (Wildman–Crippen MR) is 151 cm³/mol. The molecule has 8 nitrogen and oxygen atoms in total. The van der Waals surface area contributed by atoms with Gasteiger partial charge >= 0.3 is 12.2 Å². The number of nitrogens with one attached hydrogen (secondary N) is 2. The van der Waals surface area contributed by atoms with E-state index in [1.807, 2.05) is 37.3 Å². The van der Waals surface area contributed by atoms with E-state index in [9.17, 15) is 22.8 Å². The fraction of sp³-hybridized carbons (Fsp3) is 0.233. The molecule has 11 heteroatoms. The van der Waals surface area contributed by atoms with E-state index in [1.165, 1.54) is 18.2 Å². The summed E-state index contributed by atoms with van der Waals surface area (Å²) in [5.41, 5.74) is 1.46. The first-order chi connectivity index (χ1) is 19.5. The zero-order chi connectivity index (χ0) is 29.7. The molecule has 3 amide bonds. The van der Waals surface area contributed by atoms with Gasteiger partial charge in [0, 0.05) is 11.6 Å². The molecule has 0 fully saturated rings. The molecule has 0 unspecified atom stereocenters. The van der Waals surface area contributed by atoms with Crippen molar-refractivity contribution in [1.29, 1.82) is 0 Å². The first-order valence-corrected chi connectivity index (χ1v) is 12.8. The molecule has 0 atom stereocenters. The molecule has 0 aliphatic rings. The fourth-order valence-electron chi connectivity index (χ4n) is 4.34. The molecule has 1 aromatic heterocycles. The molecule has 41 heavy (non-hydrogen) atoms. The van der Waals surface area contributed by atoms with E-state index in [4.69, 9.17) is 4.74 Å². The second-order valence-corrected chi connectivity index (χ2v) is 9.53. The Balaban J connectivity index is 1.64. The Morgan fingerprint density at radius 3 is 2.20 bits per heavy atom. The van der Waals surface area contributed by atoms with Gasteiger partial charge in [0.15, 0.2) is 0 Å². The highest BCUT2D eigenvalue weighted by Crippen LogP contribution is 2.35. The number of anilines is 2. The monoisotopic (exact) mass is 565 g/mol. The number of rotatable bonds is 8. The van der Waals surface area contributed by atoms with Crippen LogP contribution in [0.1, 0.15) is 25.1 Å². The topological polar surface area (TPSA) is 88.5 Å². The standard InChI is InChI=1S/C30H30F3N5O3/c1-19(2)37(29(40)34-25-13-9-8-12-24(25)30(31,32)33)18-26(39)35-28-27(21-10-6-5-7-11-21)20(3)36-38(28)22-14-16-23(41-4)17-15-22/h5-17,19H,18H2,1-4H3,(H,34,40)(H,35,39). The number of para-hydroxylation sites is 1. The number of aromatic nitrogens is 2. The number of carbonyl (C=O) groups excluding carboxylic acids is 2. The van der Waals surface area contributed by atoms with Gasteiger partial charge in [-0.2, -0.15) is 18.3 Å². The van der Waals surface area contributed by atoms with Gasteiger partial charge in [-0.05, 0) is 62.7 Å². The minimum atomic E-state index is -4.66. The maximum atomic E-state index is 13.5. The highest BCUT2D eigenvalue weighted by molar-refractivity contribution is 5.99. The molecule has 4 rings (SSSR count). The van der Waals surface area contributed by atoms with E-state index in [0.29, 0.717) is 28.5 Å². The maximum absolute atomic E-state index is 13.5. The maximum Gasteiger partial charge on any atom is 0.418 e. The molecule has 0 radical (unpaired) electrons. The SMILES string of the molecule is COc1ccc(-n2nc(C)c(-c3ccccc3)c2NC(=O)CN(C(=O)Nc2ccccc2C(F)(F)F)C(C)C)cc1. The molecule has 0 saturated carbocycles. The number of amides is 3. The van der Waals surface area contributed by atoms with E-state index in [-0.39, 0.29) is 0 Å². The number of carbonyl (C=O) groups is 2. The van der Waals surface area contributed by atoms with E-state index < -0.39 is 42.0 Å². The summed E-state index contributed by atoms with van der Waals surface area (Å²) in [7, 11) is 1.56. The van der Waals surface area contributed by atoms with Crippen molar-refractivity contribution in [3.8, 4) is 22.6 Å². The number of nitrogens with zero attached hydrogens (tertiary/aromatic N) is 3. The van der Waals surface area contributed by atoms with E-state index in [1.54, 1.807) is 49.9 Å². The van der Waals surface area contributed by atoms with Crippen molar-refractivity contribution in [2.75, 3.05) is 24.3 Å². The molecule has 3 aromatic carbocycles. The van der Waals surface area contributed by atoms with Gasteiger partial charge < -0.3 is 20.3 Å². The summed E-state index contributed by atoms with van der Waals surface area (Å²) in [5.74, 6) is 0.484. The van der Waals surface area contributed by atoms with Crippen LogP contribution in [0.5, 0.6) is 5.75 Å². The highest BCUT2D eigenvalue weighted by Gasteiger charge is 2.34. The van der Waals surface area contributed by atoms with Crippen molar-refractivity contribution in [3.05, 3.63) is 90.1 Å². The quantitative estimate of drug-likeness (QED) is 0.247. The summed E-state index contributed by atoms with van der Waals surface area (Å²) in [6, 6.07) is 19.9. The molecule has 0 aliphatic carbocycles. The third kappa shape index (κ3) is 6.68. The zero-order valence-electron chi connectivity index (χ0n) is 23.0. The van der Waals surface area contributed by atoms with Crippen molar-refractivity contribution in [2.24, 2.45) is 0 Å². The van der Waals surface area contributed by atoms with Crippen molar-refractivity contribution >= 4 is 23.4 Å². The highest BCUT2D eigenvalue weighted by atomic mass is 19.4. The summed E-state index contributed by atoms with van der Waals surface area (Å²) in [5, 5.41) is 9.87. The number of halogens is 3. The van der Waals surface area contributed by atoms with Crippen LogP contribution in [0, 0.1) is 6.92 Å². The van der Waals surface area contributed by atoms with E-state index >= 15 is 0 Å². The van der Waals surface area contributed by atoms with Crippen LogP contribution in [-0.2, 0) is 11.0 Å². The first-order valence-electron chi connectivity index (χ1n) is 12.8. The van der Waals surface area contributed by atoms with Crippen LogP contribution in [0.15, 0.2) is 78.9 Å². The van der Waals surface area contributed by atoms with Gasteiger partial charge in [0.1, 0.15) is 18.1 Å². The number of ether oxygens (including phenoxy) is 1. The van der Waals surface area contributed by atoms with Gasteiger partial charge in [0.25, 0.3) is 0 Å². The number of benzene rings is 3. The van der Waals surface area contributed by atoms with Gasteiger partial charge in [0.2, 0.25) is 5.91 Å². The van der Waals surface area contributed by atoms with Gasteiger partial charge in [0.05, 0.1) is 29.7 Å². The Morgan fingerprint density at radius 1 is 0.951 bits per heavy atom. The Labute approximate surface area is 235 Å². The van der Waals surface area contributed by atoms with Crippen molar-refractivity contribution < 1.29 is 27.5 Å². The Morgan fingerprint density at radius 2 is 1.59 bits per heavy atom. The zero-order valence-corrected chi connectivity index (χ0v) is 23.0. The van der Waals surface area contributed by atoms with E-state index in [0.717, 1.165) is 16.5 Å². The molecular weight excluding hydrogens is 535 g/mol. The second-order valence-electron chi connectivity index (χ2n) is 9.53. The molecule has 4 aromatic rings. The first kappa shape index (κ1) is 29.2. The molecule has 1 heterocycles. The minimum Gasteiger partial charge on any atom is -0.497 e. The molecule has 0 bridgehead atoms. The lowest BCUT2D eigenvalue weighted by atomic mass is 10.1. The van der Waals surface area contributed by atoms with Crippen LogP contribution in [0.3, 0.4) is 0 Å². The lowest BCUT2D eigenvalue weighted by Gasteiger charge is -2.27. The van der Waals surface area contributed by atoms with Gasteiger partial charge in [-0.25, -0.2) is 9.48 Å². The van der Waals surface area contributed by atoms with Crippen LogP contribution >= 0.6 is 0 Å². The summed E-state index contributed by atoms with van der Waals surface area (Å²) >= 11 is 0. The third-order valence-electron chi connectivity index (χ3n) is 6.37. The van der Waals surface area contributed by atoms with Crippen LogP contribution in [-0.4, -0.2) is 46.3 Å². The second kappa shape index (κ2) is 12.2. The predicted octanol–water partition coefficient (Wildman–Crippen LogP) is 6.76. The summed E-state index contributed by atoms with van der Waals surface area (Å²) in [4.78, 5) is 27.7. The number of urea groups is 1. The molecule has 0 aliphatic heterocycles. The van der Waals surface area contributed by atoms with Crippen LogP contribution in [0.4, 0.5) is 29.5 Å². The summed E-state index contributed by atoms with van der Waals surface area (Å²) in [6.45, 7) is 4.75. The summed E-state index contributed by atoms with van der Waals surface area (Å²) in [6.07, 6.45) is -4.66. The molecular formula is C30H30F3N5O3. The molecule has 0 saturated heterocycles. The van der Waals surface area contributed by atoms with Crippen LogP contribution in [0.25, 0.3) is 16.8 Å². The number of hydrogen-bond donors (Lipinski definition) is 2. The van der Waals surface area contributed by atoms with Crippen molar-refractivity contribution in [3.63, 3.8) is 0 Å². The number of aryl methyl sites for hydroxylation is 1. The number of alkyl halides is 3. The van der Waals surface area contributed by atoms with E-state index in [2.05, 4.69) is 15.7 Å². The lowest BCUT2D eigenvalue weighted by Crippen LogP contribution is -2.45. The average Bonchev–Trinajstić information content (AvgIpc) is 3.26. The van der Waals surface area contributed by atoms with Crippen molar-refractivity contribution in [1.82, 2.24) is 14.7 Å². The fourth-order valence-corrected chi connectivity index (χ4v) is 4.34. The minimum absolute atomic E-state index is 0.385. The lowest BCUT2D eigenvalue weighted by molar-refractivity contribution is -0.137. The van der Waals surface area contributed by atoms with Crippen LogP contribution in [0.2, 0.25) is 0 Å². The van der Waals surface area contributed by atoms with Gasteiger partial charge in [-0.15, -0.1) is 0 Å². The molecule has 214 valence electrons. The molecule has 2 N–H and O–H groups in total. The normalized spacial score (nSPS) is 11.3. The van der Waals surface area contributed by atoms with Gasteiger partial charge in [-0.3, -0.25) is 4.79 Å². The number of hydrogen-bond acceptors (Lipinski definition) is 4. The van der Waals surface area contributed by atoms with Crippen molar-refractivity contribution in [2.45, 2.75) is 33.0 Å². The Hall–Kier alpha value is -4.80. The number of methoxy groups -OCH3 is 1. The molecule has 0 spiro atoms. The smallest absolute Gasteiger partial charge is 0.418 e. The third-order valence-corrected chi connectivity index (χ3v) is 6.37. The van der Waals surface area contributed by atoms with Crippen LogP contribution < -0.4 is 15.4 Å². The average molecular weight is 566 g/mol. The summed E-state index contributed by atoms with van der Waals surface area (Å²) < 4.78 is 47.2. The largest absolute Gasteiger partial charge is 0.497 e. The van der Waals surface area contributed by atoms with Gasteiger partial charge in [-0.1, -0.05) is 42.5 Å².